The standard InChI is InChI=1S/C21H28O2/c1-20-11-4-3-5-14(20)6-7-15-16-8-9-18(19(23)13-22)21(16,2)12-10-17(15)20/h4-5,11,13,15-18H,3,6-10,12H2,1-2H3/t15-,16-,17-,18?,20-,21-/m0/s1. The Morgan fingerprint density at radius 1 is 1.17 bits per heavy atom. The topological polar surface area (TPSA) is 34.1 Å². The summed E-state index contributed by atoms with van der Waals surface area (Å²) in [6, 6.07) is 0. The van der Waals surface area contributed by atoms with Gasteiger partial charge in [0.15, 0.2) is 12.1 Å². The van der Waals surface area contributed by atoms with Gasteiger partial charge in [0.25, 0.3) is 0 Å². The predicted octanol–water partition coefficient (Wildman–Crippen LogP) is 4.50. The van der Waals surface area contributed by atoms with Gasteiger partial charge in [-0.3, -0.25) is 9.59 Å². The maximum Gasteiger partial charge on any atom is 0.198 e. The van der Waals surface area contributed by atoms with Gasteiger partial charge in [0.05, 0.1) is 0 Å². The highest BCUT2D eigenvalue weighted by molar-refractivity contribution is 6.26. The van der Waals surface area contributed by atoms with E-state index in [2.05, 4.69) is 32.1 Å². The van der Waals surface area contributed by atoms with Crippen molar-refractivity contribution in [1.29, 1.82) is 0 Å². The molecule has 124 valence electrons. The fraction of sp³-hybridized carbons (Fsp3) is 0.714. The summed E-state index contributed by atoms with van der Waals surface area (Å²) in [5.74, 6) is 1.92. The van der Waals surface area contributed by atoms with Crippen LogP contribution < -0.4 is 0 Å². The number of ketones is 1. The number of fused-ring (bicyclic) bond motifs is 5. The molecule has 0 spiro atoms. The monoisotopic (exact) mass is 312 g/mol. The van der Waals surface area contributed by atoms with Crippen LogP contribution in [0, 0.1) is 34.5 Å². The second-order valence-electron chi connectivity index (χ2n) is 8.76. The number of hydrogen-bond donors (Lipinski definition) is 0. The van der Waals surface area contributed by atoms with Gasteiger partial charge in [-0.15, -0.1) is 0 Å². The third kappa shape index (κ3) is 1.99. The zero-order valence-electron chi connectivity index (χ0n) is 14.4. The number of allylic oxidation sites excluding steroid dienone is 4. The molecule has 3 fully saturated rings. The van der Waals surface area contributed by atoms with E-state index in [4.69, 9.17) is 0 Å². The fourth-order valence-corrected chi connectivity index (χ4v) is 6.89. The van der Waals surface area contributed by atoms with E-state index in [-0.39, 0.29) is 22.5 Å². The second kappa shape index (κ2) is 5.16. The molecule has 1 unspecified atom stereocenters. The highest BCUT2D eigenvalue weighted by Gasteiger charge is 2.59. The van der Waals surface area contributed by atoms with E-state index in [1.54, 1.807) is 5.57 Å². The Balaban J connectivity index is 1.67. The van der Waals surface area contributed by atoms with Crippen molar-refractivity contribution in [2.24, 2.45) is 34.5 Å². The lowest BCUT2D eigenvalue weighted by Crippen LogP contribution is -2.50. The van der Waals surface area contributed by atoms with Gasteiger partial charge in [0.2, 0.25) is 0 Å². The van der Waals surface area contributed by atoms with Crippen LogP contribution in [0.15, 0.2) is 23.8 Å². The number of aldehydes is 1. The van der Waals surface area contributed by atoms with Crippen molar-refractivity contribution in [1.82, 2.24) is 0 Å². The zero-order valence-corrected chi connectivity index (χ0v) is 14.4. The maximum atomic E-state index is 12.1. The van der Waals surface area contributed by atoms with E-state index in [0.717, 1.165) is 37.5 Å². The van der Waals surface area contributed by atoms with Gasteiger partial charge in [0, 0.05) is 11.3 Å². The normalized spacial score (nSPS) is 48.0. The van der Waals surface area contributed by atoms with Gasteiger partial charge in [-0.05, 0) is 68.1 Å². The molecule has 2 heteroatoms. The molecular formula is C21H28O2. The van der Waals surface area contributed by atoms with Crippen LogP contribution in [0.2, 0.25) is 0 Å². The number of rotatable bonds is 2. The Morgan fingerprint density at radius 3 is 2.78 bits per heavy atom. The van der Waals surface area contributed by atoms with Crippen molar-refractivity contribution in [3.8, 4) is 0 Å². The first kappa shape index (κ1) is 15.4. The summed E-state index contributed by atoms with van der Waals surface area (Å²) in [4.78, 5) is 23.2. The predicted molar refractivity (Wildman–Crippen MR) is 90.8 cm³/mol. The van der Waals surface area contributed by atoms with E-state index in [0.29, 0.717) is 12.2 Å². The van der Waals surface area contributed by atoms with E-state index in [1.165, 1.54) is 19.3 Å². The van der Waals surface area contributed by atoms with Gasteiger partial charge in [-0.1, -0.05) is 37.6 Å². The van der Waals surface area contributed by atoms with E-state index in [9.17, 15) is 9.59 Å². The minimum atomic E-state index is -0.145. The van der Waals surface area contributed by atoms with E-state index < -0.39 is 0 Å². The Labute approximate surface area is 139 Å². The summed E-state index contributed by atoms with van der Waals surface area (Å²) in [5, 5.41) is 0. The first-order chi connectivity index (χ1) is 11.0. The van der Waals surface area contributed by atoms with Crippen LogP contribution in [-0.2, 0) is 9.59 Å². The van der Waals surface area contributed by atoms with Gasteiger partial charge >= 0.3 is 0 Å². The Kier molecular flexibility index (Phi) is 3.44. The minimum Gasteiger partial charge on any atom is -0.295 e. The van der Waals surface area contributed by atoms with Crippen LogP contribution in [-0.4, -0.2) is 12.1 Å². The average Bonchev–Trinajstić information content (AvgIpc) is 2.91. The molecule has 0 saturated heterocycles. The molecule has 0 amide bonds. The lowest BCUT2D eigenvalue weighted by Gasteiger charge is -2.57. The van der Waals surface area contributed by atoms with E-state index in [1.807, 2.05) is 0 Å². The first-order valence-corrected chi connectivity index (χ1v) is 9.37. The quantitative estimate of drug-likeness (QED) is 0.427. The van der Waals surface area contributed by atoms with Crippen LogP contribution in [0.1, 0.15) is 58.8 Å². The molecule has 3 saturated carbocycles. The molecule has 23 heavy (non-hydrogen) atoms. The van der Waals surface area contributed by atoms with Crippen LogP contribution in [0.4, 0.5) is 0 Å². The maximum absolute atomic E-state index is 12.1. The van der Waals surface area contributed by atoms with Gasteiger partial charge < -0.3 is 0 Å². The first-order valence-electron chi connectivity index (χ1n) is 9.37. The van der Waals surface area contributed by atoms with Crippen molar-refractivity contribution < 1.29 is 9.59 Å². The lowest BCUT2D eigenvalue weighted by atomic mass is 9.47. The summed E-state index contributed by atoms with van der Waals surface area (Å²) in [7, 11) is 0. The molecule has 2 nitrogen and oxygen atoms in total. The Bertz CT molecular complexity index is 601. The SMILES string of the molecule is C[C@]12C=CCC=C1CC[C@@H]1[C@@H]2CC[C@]2(C)C(C(=O)C=O)CC[C@@H]12. The summed E-state index contributed by atoms with van der Waals surface area (Å²) >= 11 is 0. The van der Waals surface area contributed by atoms with Crippen molar-refractivity contribution in [3.05, 3.63) is 23.8 Å². The highest BCUT2D eigenvalue weighted by atomic mass is 16.2. The van der Waals surface area contributed by atoms with Crippen molar-refractivity contribution in [2.45, 2.75) is 58.8 Å². The lowest BCUT2D eigenvalue weighted by molar-refractivity contribution is -0.137. The highest BCUT2D eigenvalue weighted by Crippen LogP contribution is 2.66. The van der Waals surface area contributed by atoms with Crippen LogP contribution in [0.5, 0.6) is 0 Å². The second-order valence-corrected chi connectivity index (χ2v) is 8.76. The zero-order chi connectivity index (χ0) is 16.2. The molecule has 4 rings (SSSR count). The minimum absolute atomic E-state index is 0.0161. The molecular weight excluding hydrogens is 284 g/mol. The Hall–Kier alpha value is -1.18. The van der Waals surface area contributed by atoms with Crippen LogP contribution in [0.3, 0.4) is 0 Å². The molecule has 0 radical (unpaired) electrons. The summed E-state index contributed by atoms with van der Waals surface area (Å²) in [6.07, 6.45) is 15.8. The number of carbonyl (C=O) groups is 2. The van der Waals surface area contributed by atoms with Crippen molar-refractivity contribution >= 4 is 12.1 Å². The van der Waals surface area contributed by atoms with Crippen molar-refractivity contribution in [3.63, 3.8) is 0 Å². The molecule has 4 aliphatic carbocycles. The van der Waals surface area contributed by atoms with Gasteiger partial charge in [-0.2, -0.15) is 0 Å². The fourth-order valence-electron chi connectivity index (χ4n) is 6.89. The molecule has 0 aromatic heterocycles. The summed E-state index contributed by atoms with van der Waals surface area (Å²) in [6.45, 7) is 4.74. The molecule has 0 aromatic carbocycles. The number of hydrogen-bond acceptors (Lipinski definition) is 2. The molecule has 4 aliphatic rings. The molecule has 6 atom stereocenters. The molecule has 0 bridgehead atoms. The van der Waals surface area contributed by atoms with Crippen molar-refractivity contribution in [2.75, 3.05) is 0 Å². The summed E-state index contributed by atoms with van der Waals surface area (Å²) < 4.78 is 0. The van der Waals surface area contributed by atoms with Crippen LogP contribution in [0.25, 0.3) is 0 Å². The van der Waals surface area contributed by atoms with E-state index >= 15 is 0 Å². The third-order valence-corrected chi connectivity index (χ3v) is 8.07. The summed E-state index contributed by atoms with van der Waals surface area (Å²) in [5.41, 5.74) is 1.97. The average molecular weight is 312 g/mol. The van der Waals surface area contributed by atoms with Crippen LogP contribution >= 0.6 is 0 Å². The molecule has 0 N–H and O–H groups in total. The van der Waals surface area contributed by atoms with Gasteiger partial charge in [0.1, 0.15) is 0 Å². The molecule has 0 aromatic rings. The molecule has 0 aliphatic heterocycles. The Morgan fingerprint density at radius 2 is 2.00 bits per heavy atom. The third-order valence-electron chi connectivity index (χ3n) is 8.07. The van der Waals surface area contributed by atoms with Gasteiger partial charge in [-0.25, -0.2) is 0 Å². The largest absolute Gasteiger partial charge is 0.295 e. The molecule has 0 heterocycles. The number of carbonyl (C=O) groups excluding carboxylic acids is 2. The smallest absolute Gasteiger partial charge is 0.198 e. The number of Topliss-reactive ketones (excluding diaryl/α,β-unsaturated/α-hetero) is 1.